The van der Waals surface area contributed by atoms with Crippen molar-refractivity contribution in [3.8, 4) is 0 Å². The summed E-state index contributed by atoms with van der Waals surface area (Å²) in [4.78, 5) is 0. The molecule has 0 N–H and O–H groups in total. The monoisotopic (exact) mass is 296 g/mol. The zero-order chi connectivity index (χ0) is 15.6. The van der Waals surface area contributed by atoms with Crippen LogP contribution in [-0.4, -0.2) is 12.6 Å². The van der Waals surface area contributed by atoms with Crippen molar-refractivity contribution in [3.05, 3.63) is 0 Å². The van der Waals surface area contributed by atoms with Gasteiger partial charge in [0.25, 0.3) is 0 Å². The van der Waals surface area contributed by atoms with Gasteiger partial charge in [0.15, 0.2) is 0 Å². The predicted octanol–water partition coefficient (Wildman–Crippen LogP) is 6.87. The van der Waals surface area contributed by atoms with Gasteiger partial charge in [0, 0.05) is 12.6 Å². The molecule has 0 aromatic rings. The summed E-state index contributed by atoms with van der Waals surface area (Å²) in [6.45, 7) is 7.90. The Kier molecular flexibility index (Phi) is 18.0. The highest BCUT2D eigenvalue weighted by atomic mass is 14.9. The van der Waals surface area contributed by atoms with E-state index in [2.05, 4.69) is 20.8 Å². The van der Waals surface area contributed by atoms with E-state index in [1.165, 1.54) is 96.3 Å². The zero-order valence-corrected chi connectivity index (χ0v) is 15.3. The molecule has 0 saturated heterocycles. The van der Waals surface area contributed by atoms with Gasteiger partial charge in [0.2, 0.25) is 0 Å². The zero-order valence-electron chi connectivity index (χ0n) is 15.3. The molecule has 0 heterocycles. The standard InChI is InChI=1S/C20H42N/c1-4-6-8-9-10-11-12-13-14-15-16-17-18-20(3)21-19-7-5-2/h20H,4-19H2,1-3H3. The van der Waals surface area contributed by atoms with Crippen LogP contribution in [-0.2, 0) is 0 Å². The molecule has 0 aromatic heterocycles. The molecule has 1 nitrogen and oxygen atoms in total. The lowest BCUT2D eigenvalue weighted by molar-refractivity contribution is 0.463. The van der Waals surface area contributed by atoms with Crippen LogP contribution < -0.4 is 5.32 Å². The molecule has 0 rings (SSSR count). The molecule has 1 atom stereocenters. The molecular formula is C20H42N. The third-order valence-corrected chi connectivity index (χ3v) is 4.43. The summed E-state index contributed by atoms with van der Waals surface area (Å²) in [6, 6.07) is 0.597. The van der Waals surface area contributed by atoms with E-state index in [0.717, 1.165) is 6.54 Å². The lowest BCUT2D eigenvalue weighted by atomic mass is 10.0. The Hall–Kier alpha value is -0.0400. The largest absolute Gasteiger partial charge is 0.239 e. The van der Waals surface area contributed by atoms with Gasteiger partial charge in [0.05, 0.1) is 0 Å². The molecular weight excluding hydrogens is 254 g/mol. The first kappa shape index (κ1) is 21.0. The lowest BCUT2D eigenvalue weighted by Crippen LogP contribution is -2.19. The smallest absolute Gasteiger partial charge is 0.0217 e. The van der Waals surface area contributed by atoms with Gasteiger partial charge < -0.3 is 0 Å². The average Bonchev–Trinajstić information content (AvgIpc) is 2.48. The summed E-state index contributed by atoms with van der Waals surface area (Å²) >= 11 is 0. The van der Waals surface area contributed by atoms with E-state index >= 15 is 0 Å². The minimum Gasteiger partial charge on any atom is -0.239 e. The van der Waals surface area contributed by atoms with Crippen molar-refractivity contribution >= 4 is 0 Å². The minimum atomic E-state index is 0.597. The van der Waals surface area contributed by atoms with Gasteiger partial charge in [-0.1, -0.05) is 97.3 Å². The lowest BCUT2D eigenvalue weighted by Gasteiger charge is -2.11. The Bertz CT molecular complexity index is 179. The molecule has 127 valence electrons. The molecule has 0 spiro atoms. The highest BCUT2D eigenvalue weighted by Gasteiger charge is 2.01. The van der Waals surface area contributed by atoms with E-state index in [1.54, 1.807) is 0 Å². The molecule has 0 aliphatic carbocycles. The van der Waals surface area contributed by atoms with Crippen LogP contribution in [0.2, 0.25) is 0 Å². The SMILES string of the molecule is CCCCCCCCCCCCCCC(C)[N]CCCC. The second kappa shape index (κ2) is 18.0. The van der Waals surface area contributed by atoms with Gasteiger partial charge in [-0.05, 0) is 19.8 Å². The predicted molar refractivity (Wildman–Crippen MR) is 97.1 cm³/mol. The van der Waals surface area contributed by atoms with Gasteiger partial charge in [0.1, 0.15) is 0 Å². The maximum absolute atomic E-state index is 4.70. The molecule has 0 aliphatic heterocycles. The van der Waals surface area contributed by atoms with Gasteiger partial charge in [-0.2, -0.15) is 0 Å². The van der Waals surface area contributed by atoms with Crippen molar-refractivity contribution in [1.82, 2.24) is 5.32 Å². The number of hydrogen-bond donors (Lipinski definition) is 0. The van der Waals surface area contributed by atoms with E-state index in [9.17, 15) is 0 Å². The highest BCUT2D eigenvalue weighted by Crippen LogP contribution is 2.13. The molecule has 0 aliphatic rings. The second-order valence-corrected chi connectivity index (χ2v) is 6.79. The van der Waals surface area contributed by atoms with E-state index in [1.807, 2.05) is 0 Å². The quantitative estimate of drug-likeness (QED) is 0.260. The van der Waals surface area contributed by atoms with Crippen molar-refractivity contribution in [1.29, 1.82) is 0 Å². The molecule has 0 amide bonds. The Morgan fingerprint density at radius 3 is 1.48 bits per heavy atom. The van der Waals surface area contributed by atoms with Crippen LogP contribution in [0.5, 0.6) is 0 Å². The van der Waals surface area contributed by atoms with Crippen LogP contribution in [0.1, 0.15) is 117 Å². The molecule has 1 radical (unpaired) electrons. The first-order valence-electron chi connectivity index (χ1n) is 9.97. The first-order valence-corrected chi connectivity index (χ1v) is 9.97. The summed E-state index contributed by atoms with van der Waals surface area (Å²) in [5.74, 6) is 0. The summed E-state index contributed by atoms with van der Waals surface area (Å²) in [5.41, 5.74) is 0. The van der Waals surface area contributed by atoms with Crippen LogP contribution in [0.25, 0.3) is 0 Å². The molecule has 0 aromatic carbocycles. The third kappa shape index (κ3) is 17.9. The van der Waals surface area contributed by atoms with Crippen LogP contribution in [0.15, 0.2) is 0 Å². The van der Waals surface area contributed by atoms with Gasteiger partial charge in [-0.3, -0.25) is 0 Å². The normalized spacial score (nSPS) is 12.7. The Morgan fingerprint density at radius 1 is 0.571 bits per heavy atom. The molecule has 0 fully saturated rings. The van der Waals surface area contributed by atoms with Crippen molar-refractivity contribution in [2.45, 2.75) is 123 Å². The van der Waals surface area contributed by atoms with Crippen LogP contribution in [0.4, 0.5) is 0 Å². The fourth-order valence-electron chi connectivity index (χ4n) is 2.84. The van der Waals surface area contributed by atoms with E-state index in [4.69, 9.17) is 5.32 Å². The summed E-state index contributed by atoms with van der Waals surface area (Å²) in [7, 11) is 0. The molecule has 21 heavy (non-hydrogen) atoms. The molecule has 0 saturated carbocycles. The Balaban J connectivity index is 3.05. The molecule has 1 unspecified atom stereocenters. The summed E-state index contributed by atoms with van der Waals surface area (Å²) in [6.07, 6.45) is 21.1. The highest BCUT2D eigenvalue weighted by molar-refractivity contribution is 4.60. The maximum Gasteiger partial charge on any atom is 0.0217 e. The molecule has 0 bridgehead atoms. The van der Waals surface area contributed by atoms with Crippen molar-refractivity contribution in [2.24, 2.45) is 0 Å². The number of unbranched alkanes of at least 4 members (excludes halogenated alkanes) is 12. The van der Waals surface area contributed by atoms with E-state index in [-0.39, 0.29) is 0 Å². The van der Waals surface area contributed by atoms with Crippen molar-refractivity contribution < 1.29 is 0 Å². The minimum absolute atomic E-state index is 0.597. The van der Waals surface area contributed by atoms with Gasteiger partial charge in [-0.15, -0.1) is 0 Å². The van der Waals surface area contributed by atoms with Gasteiger partial charge >= 0.3 is 0 Å². The number of nitrogens with zero attached hydrogens (tertiary/aromatic N) is 1. The first-order chi connectivity index (χ1) is 10.3. The number of rotatable bonds is 17. The maximum atomic E-state index is 4.70. The van der Waals surface area contributed by atoms with E-state index in [0.29, 0.717) is 6.04 Å². The van der Waals surface area contributed by atoms with Crippen LogP contribution in [0, 0.1) is 0 Å². The van der Waals surface area contributed by atoms with Crippen LogP contribution >= 0.6 is 0 Å². The number of hydrogen-bond acceptors (Lipinski definition) is 0. The van der Waals surface area contributed by atoms with Crippen molar-refractivity contribution in [2.75, 3.05) is 6.54 Å². The summed E-state index contributed by atoms with van der Waals surface area (Å²) in [5, 5.41) is 4.70. The Morgan fingerprint density at radius 2 is 1.00 bits per heavy atom. The summed E-state index contributed by atoms with van der Waals surface area (Å²) < 4.78 is 0. The fourth-order valence-corrected chi connectivity index (χ4v) is 2.84. The second-order valence-electron chi connectivity index (χ2n) is 6.79. The van der Waals surface area contributed by atoms with Crippen LogP contribution in [0.3, 0.4) is 0 Å². The average molecular weight is 297 g/mol. The van der Waals surface area contributed by atoms with Crippen molar-refractivity contribution in [3.63, 3.8) is 0 Å². The molecule has 1 heteroatoms. The third-order valence-electron chi connectivity index (χ3n) is 4.43. The van der Waals surface area contributed by atoms with Gasteiger partial charge in [-0.25, -0.2) is 5.32 Å². The Labute approximate surface area is 135 Å². The topological polar surface area (TPSA) is 14.1 Å². The fraction of sp³-hybridized carbons (Fsp3) is 1.00. The van der Waals surface area contributed by atoms with E-state index < -0.39 is 0 Å².